The van der Waals surface area contributed by atoms with Gasteiger partial charge in [0, 0.05) is 125 Å². The molecule has 2 aliphatic rings. The van der Waals surface area contributed by atoms with Crippen LogP contribution in [0.4, 0.5) is 0 Å². The number of guanidine groups is 1. The molecule has 1 aliphatic carbocycles. The third-order valence-corrected chi connectivity index (χ3v) is 24.1. The Morgan fingerprint density at radius 2 is 1.09 bits per heavy atom. The van der Waals surface area contributed by atoms with E-state index in [2.05, 4.69) is 83.7 Å². The van der Waals surface area contributed by atoms with E-state index in [-0.39, 0.29) is 107 Å². The molecule has 3 aromatic heterocycles. The first-order chi connectivity index (χ1) is 63.5. The van der Waals surface area contributed by atoms with E-state index in [0.29, 0.717) is 83.6 Å². The van der Waals surface area contributed by atoms with Gasteiger partial charge in [-0.3, -0.25) is 86.9 Å². The largest absolute Gasteiger partial charge is 0.394 e. The summed E-state index contributed by atoms with van der Waals surface area (Å²) in [7, 11) is 5.44. The number of carbonyl (C=O) groups excluding carboxylic acids is 17. The summed E-state index contributed by atoms with van der Waals surface area (Å²) in [5.41, 5.74) is 20.0. The second-order valence-corrected chi connectivity index (χ2v) is 34.9. The third kappa shape index (κ3) is 31.9. The number of nitrogens with one attached hydrogen (secondary N) is 16. The molecule has 17 amide bonds. The molecule has 1 aliphatic heterocycles. The number of carbonyl (C=O) groups is 17. The van der Waals surface area contributed by atoms with E-state index in [1.54, 1.807) is 105 Å². The number of likely N-dealkylation sites (tertiary alicyclic amines) is 1. The first-order valence-corrected chi connectivity index (χ1v) is 45.9. The van der Waals surface area contributed by atoms with Gasteiger partial charge in [-0.15, -0.1) is 11.8 Å². The molecule has 23 N–H and O–H groups in total. The van der Waals surface area contributed by atoms with Gasteiger partial charge in [0.05, 0.1) is 38.2 Å². The number of rotatable bonds is 55. The van der Waals surface area contributed by atoms with Crippen molar-refractivity contribution in [3.63, 3.8) is 0 Å². The van der Waals surface area contributed by atoms with Gasteiger partial charge in [-0.2, -0.15) is 0 Å². The maximum atomic E-state index is 15.7. The molecule has 722 valence electrons. The molecule has 3 aromatic carbocycles. The maximum Gasteiger partial charge on any atom is 0.246 e. The van der Waals surface area contributed by atoms with Gasteiger partial charge in [-0.05, 0) is 92.5 Å². The number of aliphatic hydroxyl groups is 1. The molecule has 2 unspecified atom stereocenters. The van der Waals surface area contributed by atoms with Crippen molar-refractivity contribution in [2.45, 2.75) is 216 Å². The van der Waals surface area contributed by atoms with E-state index in [0.717, 1.165) is 27.1 Å². The SMILES string of the molecule is CCCC[C@@H](C(=O)N(C)[C@@H](CCCC)C(=O)N[C@@H](CCCNC(=N)N)C(=O)N[C@@H](CSCC(=O)NC(Cc1ccccc1)C(=O)NC)C(=O)NCC(N)=O)N(C)C(=O)[C@H](Cc1c[nH]c2ccccc12)NC(=O)[C@H](CO)NC(=O)[C@H](Cc1c[nH]c2ccccc12)NC(=O)CN(C)C(=O)[C@H](CC(C)C)NC(=O)[C@H](Cc1cnc[nH]1)NC(=O)C1CCCN1C(=O)[C@H](CC(N)=O)NC(=O)C1CC1. The molecule has 42 nitrogen and oxygen atoms in total. The second-order valence-electron chi connectivity index (χ2n) is 33.9. The normalized spacial score (nSPS) is 15.4. The number of unbranched alkanes of at least 4 members (excludes halogenated alkanes) is 2. The van der Waals surface area contributed by atoms with Crippen molar-refractivity contribution in [1.82, 2.24) is 103 Å². The smallest absolute Gasteiger partial charge is 0.246 e. The number of H-pyrrole nitrogens is 3. The number of fused-ring (bicyclic) bond motifs is 2. The van der Waals surface area contributed by atoms with Crippen LogP contribution in [-0.2, 0) is 107 Å². The Labute approximate surface area is 775 Å². The average molecular weight is 1870 g/mol. The van der Waals surface area contributed by atoms with Crippen molar-refractivity contribution in [2.75, 3.05) is 72.5 Å². The lowest BCUT2D eigenvalue weighted by Gasteiger charge is -2.36. The van der Waals surface area contributed by atoms with Gasteiger partial charge in [-0.1, -0.05) is 120 Å². The number of para-hydroxylation sites is 2. The average Bonchev–Trinajstić information content (AvgIpc) is 1.77. The van der Waals surface area contributed by atoms with Gasteiger partial charge in [-0.25, -0.2) is 4.98 Å². The van der Waals surface area contributed by atoms with Crippen LogP contribution in [0.5, 0.6) is 0 Å². The number of thioether (sulfide) groups is 1. The number of hydrogen-bond donors (Lipinski definition) is 20. The second kappa shape index (κ2) is 51.9. The van der Waals surface area contributed by atoms with E-state index in [9.17, 15) is 62.6 Å². The Hall–Kier alpha value is -13.5. The zero-order chi connectivity index (χ0) is 97.1. The number of primary amides is 2. The van der Waals surface area contributed by atoms with Crippen molar-refractivity contribution in [3.05, 3.63) is 126 Å². The quantitative estimate of drug-likeness (QED) is 0.0113. The number of hydrogen-bond acceptors (Lipinski definition) is 21. The molecule has 6 aromatic rings. The fourth-order valence-electron chi connectivity index (χ4n) is 15.7. The molecular formula is C90H128N24O18S. The van der Waals surface area contributed by atoms with Gasteiger partial charge < -0.3 is 121 Å². The minimum atomic E-state index is -1.85. The van der Waals surface area contributed by atoms with Crippen LogP contribution in [0.25, 0.3) is 21.8 Å². The molecule has 1 saturated carbocycles. The minimum absolute atomic E-state index is 0.0134. The maximum absolute atomic E-state index is 15.7. The first kappa shape index (κ1) is 105. The number of imidazole rings is 1. The number of aromatic nitrogens is 4. The van der Waals surface area contributed by atoms with E-state index < -0.39 is 199 Å². The van der Waals surface area contributed by atoms with Gasteiger partial charge in [0.1, 0.15) is 72.5 Å². The summed E-state index contributed by atoms with van der Waals surface area (Å²) in [6.07, 6.45) is 8.49. The summed E-state index contributed by atoms with van der Waals surface area (Å²) in [5, 5.41) is 52.1. The molecule has 12 atom stereocenters. The molecule has 0 spiro atoms. The summed E-state index contributed by atoms with van der Waals surface area (Å²) < 4.78 is 0. The van der Waals surface area contributed by atoms with Crippen molar-refractivity contribution in [3.8, 4) is 0 Å². The van der Waals surface area contributed by atoms with Crippen LogP contribution >= 0.6 is 11.8 Å². The van der Waals surface area contributed by atoms with Crippen LogP contribution in [0.1, 0.15) is 140 Å². The molecule has 1 saturated heterocycles. The zero-order valence-corrected chi connectivity index (χ0v) is 77.2. The fourth-order valence-corrected chi connectivity index (χ4v) is 16.6. The molecule has 0 bridgehead atoms. The van der Waals surface area contributed by atoms with Crippen LogP contribution in [0, 0.1) is 17.2 Å². The lowest BCUT2D eigenvalue weighted by molar-refractivity contribution is -0.149. The highest BCUT2D eigenvalue weighted by molar-refractivity contribution is 8.00. The Balaban J connectivity index is 1.000. The van der Waals surface area contributed by atoms with Gasteiger partial charge in [0.2, 0.25) is 100 Å². The molecule has 0 radical (unpaired) electrons. The molecule has 8 rings (SSSR count). The zero-order valence-electron chi connectivity index (χ0n) is 76.3. The highest BCUT2D eigenvalue weighted by atomic mass is 32.2. The number of nitrogens with two attached hydrogens (primary N) is 3. The Kier molecular flexibility index (Phi) is 41.0. The number of benzene rings is 3. The monoisotopic (exact) mass is 1860 g/mol. The van der Waals surface area contributed by atoms with Crippen LogP contribution in [0.2, 0.25) is 0 Å². The number of aromatic amines is 3. The van der Waals surface area contributed by atoms with Crippen molar-refractivity contribution < 1.29 is 86.6 Å². The Morgan fingerprint density at radius 1 is 0.541 bits per heavy atom. The predicted molar refractivity (Wildman–Crippen MR) is 494 cm³/mol. The Bertz CT molecular complexity index is 5050. The number of aliphatic hydroxyl groups excluding tert-OH is 1. The van der Waals surface area contributed by atoms with Gasteiger partial charge in [0.25, 0.3) is 0 Å². The summed E-state index contributed by atoms with van der Waals surface area (Å²) in [5.74, 6) is -15.0. The number of likely N-dealkylation sites (N-methyl/N-ethyl adjacent to an activating group) is 4. The lowest BCUT2D eigenvalue weighted by atomic mass is 10.00. The van der Waals surface area contributed by atoms with Crippen molar-refractivity contribution >= 4 is 140 Å². The van der Waals surface area contributed by atoms with Gasteiger partial charge in [0.15, 0.2) is 5.96 Å². The highest BCUT2D eigenvalue weighted by Crippen LogP contribution is 2.30. The van der Waals surface area contributed by atoms with Gasteiger partial charge >= 0.3 is 0 Å². The highest BCUT2D eigenvalue weighted by Gasteiger charge is 2.44. The fraction of sp³-hybridized carbons (Fsp3) is 0.522. The standard InChI is InChI=1S/C90H128N24O18S/c1-9-11-29-70(84(127)104-61(28-20-34-97-90(93)94)80(123)110-69(79(122)100-45-74(92)117)48-133-49-76(119)103-62(78(121)95-5)37-52-22-14-13-15-23-52)112(7)89(132)72(30-12-10-2)113(8)87(130)66(39-55-43-99-60-27-19-17-25-58(55)60)108-83(126)68(47-115)109-81(124)63(38-54-42-98-59-26-18-16-24-57(54)59)102-75(118)46-111(6)86(129)65(36-51(3)4)107-82(125)64(40-56-44-96-50-101-56)105-85(128)71-31-21-35-114(71)88(131)67(41-73(91)116)106-77(120)53-32-33-53/h13-19,22-27,42-44,50-51,53,61-72,98-99,115H,9-12,20-21,28-41,45-49H2,1-8H3,(H2,91,116)(H2,92,117)(H,95,121)(H,96,101)(H,100,122)(H,102,118)(H,103,119)(H,104,127)(H,105,128)(H,106,120)(H,107,125)(H,108,126)(H,109,124)(H,110,123)(H4,93,94,97)/t61-,62?,63-,64-,65-,66-,67-,68-,69-,70-,71?,72-/m0/s1. The van der Waals surface area contributed by atoms with Crippen LogP contribution in [0.3, 0.4) is 0 Å². The van der Waals surface area contributed by atoms with Crippen LogP contribution in [0.15, 0.2) is 104 Å². The predicted octanol–water partition coefficient (Wildman–Crippen LogP) is -1.84. The Morgan fingerprint density at radius 3 is 1.68 bits per heavy atom. The lowest BCUT2D eigenvalue weighted by Crippen LogP contribution is -2.61. The molecule has 2 fully saturated rings. The van der Waals surface area contributed by atoms with Crippen LogP contribution in [-0.4, -0.2) is 296 Å². The van der Waals surface area contributed by atoms with Crippen molar-refractivity contribution in [1.29, 1.82) is 5.41 Å². The summed E-state index contributed by atoms with van der Waals surface area (Å²) in [6, 6.07) is 6.33. The summed E-state index contributed by atoms with van der Waals surface area (Å²) in [6.45, 7) is 4.97. The third-order valence-electron chi connectivity index (χ3n) is 23.0. The number of nitrogens with zero attached hydrogens (tertiary/aromatic N) is 5. The number of amides is 17. The first-order valence-electron chi connectivity index (χ1n) is 44.8. The summed E-state index contributed by atoms with van der Waals surface area (Å²) in [4.78, 5) is 259. The minimum Gasteiger partial charge on any atom is -0.394 e. The van der Waals surface area contributed by atoms with E-state index >= 15 is 24.0 Å². The molecule has 43 heteroatoms. The molecular weight excluding hydrogens is 1740 g/mol. The van der Waals surface area contributed by atoms with Crippen molar-refractivity contribution in [2.24, 2.45) is 29.0 Å². The molecule has 4 heterocycles. The van der Waals surface area contributed by atoms with E-state index in [1.165, 1.54) is 50.5 Å². The van der Waals surface area contributed by atoms with E-state index in [4.69, 9.17) is 22.6 Å². The summed E-state index contributed by atoms with van der Waals surface area (Å²) >= 11 is 0.908. The topological polar surface area (TPSA) is 630 Å². The van der Waals surface area contributed by atoms with Crippen LogP contribution < -0.4 is 81.0 Å². The van der Waals surface area contributed by atoms with E-state index in [1.807, 2.05) is 13.8 Å². The molecule has 133 heavy (non-hydrogen) atoms.